The topological polar surface area (TPSA) is 45.9 Å². The lowest BCUT2D eigenvalue weighted by molar-refractivity contribution is 0.0969. The lowest BCUT2D eigenvalue weighted by atomic mass is 10.0. The predicted octanol–water partition coefficient (Wildman–Crippen LogP) is 4.13. The van der Waals surface area contributed by atoms with Crippen LogP contribution in [0.5, 0.6) is 0 Å². The Morgan fingerprint density at radius 2 is 1.90 bits per heavy atom. The van der Waals surface area contributed by atoms with Crippen molar-refractivity contribution >= 4 is 50.0 Å². The average Bonchev–Trinajstić information content (AvgIpc) is 2.76. The summed E-state index contributed by atoms with van der Waals surface area (Å²) in [5.41, 5.74) is 1.91. The summed E-state index contributed by atoms with van der Waals surface area (Å²) < 4.78 is 2.86. The molecule has 1 aliphatic carbocycles. The maximum atomic E-state index is 12.3. The standard InChI is InChI=1S/C15H15BrN2OS.BrH/c16-11-7-5-10(6-8-11)13(19)9-18-12-3-1-2-4-14(12)20-15(18)17;/h5-8,17H,1-4,9H2;1H. The summed E-state index contributed by atoms with van der Waals surface area (Å²) in [5.74, 6) is 0.0715. The van der Waals surface area contributed by atoms with Gasteiger partial charge in [0, 0.05) is 20.6 Å². The average molecular weight is 432 g/mol. The monoisotopic (exact) mass is 430 g/mol. The van der Waals surface area contributed by atoms with Crippen LogP contribution in [0.3, 0.4) is 0 Å². The number of hydrogen-bond donors (Lipinski definition) is 1. The molecule has 0 atom stereocenters. The van der Waals surface area contributed by atoms with Crippen LogP contribution in [0, 0.1) is 5.41 Å². The zero-order chi connectivity index (χ0) is 14.1. The van der Waals surface area contributed by atoms with Gasteiger partial charge in [-0.15, -0.1) is 28.3 Å². The molecule has 2 aromatic rings. The normalized spacial score (nSPS) is 13.4. The summed E-state index contributed by atoms with van der Waals surface area (Å²) in [4.78, 5) is 14.1. The Kier molecular flexibility index (Phi) is 5.57. The van der Waals surface area contributed by atoms with E-state index in [0.29, 0.717) is 10.4 Å². The number of Topliss-reactive ketones (excluding diaryl/α,β-unsaturated/α-hetero) is 1. The number of carbonyl (C=O) groups excluding carboxylic acids is 1. The van der Waals surface area contributed by atoms with Crippen molar-refractivity contribution in [3.8, 4) is 0 Å². The van der Waals surface area contributed by atoms with Crippen LogP contribution < -0.4 is 4.80 Å². The highest BCUT2D eigenvalue weighted by atomic mass is 79.9. The van der Waals surface area contributed by atoms with Gasteiger partial charge in [0.05, 0.1) is 6.54 Å². The zero-order valence-corrected chi connectivity index (χ0v) is 15.5. The van der Waals surface area contributed by atoms with Crippen molar-refractivity contribution in [1.82, 2.24) is 4.57 Å². The van der Waals surface area contributed by atoms with E-state index >= 15 is 0 Å². The van der Waals surface area contributed by atoms with Crippen LogP contribution in [-0.4, -0.2) is 10.4 Å². The Bertz CT molecular complexity index is 703. The fraction of sp³-hybridized carbons (Fsp3) is 0.333. The summed E-state index contributed by atoms with van der Waals surface area (Å²) >= 11 is 4.90. The van der Waals surface area contributed by atoms with E-state index < -0.39 is 0 Å². The second-order valence-corrected chi connectivity index (χ2v) is 7.00. The summed E-state index contributed by atoms with van der Waals surface area (Å²) in [6, 6.07) is 7.41. The molecule has 1 N–H and O–H groups in total. The van der Waals surface area contributed by atoms with Crippen molar-refractivity contribution in [1.29, 1.82) is 5.41 Å². The van der Waals surface area contributed by atoms with Gasteiger partial charge in [-0.3, -0.25) is 10.2 Å². The SMILES string of the molecule is Br.N=c1sc2c(n1CC(=O)c1ccc(Br)cc1)CCCC2. The van der Waals surface area contributed by atoms with E-state index in [1.165, 1.54) is 28.3 Å². The molecule has 0 aliphatic heterocycles. The van der Waals surface area contributed by atoms with Crippen molar-refractivity contribution in [2.45, 2.75) is 32.2 Å². The van der Waals surface area contributed by atoms with Crippen LogP contribution in [0.25, 0.3) is 0 Å². The first-order chi connectivity index (χ1) is 9.65. The number of benzene rings is 1. The molecule has 21 heavy (non-hydrogen) atoms. The Morgan fingerprint density at radius 1 is 1.24 bits per heavy atom. The van der Waals surface area contributed by atoms with Crippen molar-refractivity contribution in [2.75, 3.05) is 0 Å². The summed E-state index contributed by atoms with van der Waals surface area (Å²) in [7, 11) is 0. The highest BCUT2D eigenvalue weighted by molar-refractivity contribution is 9.10. The molecule has 1 aromatic carbocycles. The minimum Gasteiger partial charge on any atom is -0.313 e. The third-order valence-electron chi connectivity index (χ3n) is 3.65. The van der Waals surface area contributed by atoms with Gasteiger partial charge in [0.25, 0.3) is 0 Å². The van der Waals surface area contributed by atoms with Gasteiger partial charge < -0.3 is 4.57 Å². The van der Waals surface area contributed by atoms with Crippen LogP contribution in [0.1, 0.15) is 33.8 Å². The Morgan fingerprint density at radius 3 is 2.62 bits per heavy atom. The van der Waals surface area contributed by atoms with Gasteiger partial charge in [-0.1, -0.05) is 28.1 Å². The van der Waals surface area contributed by atoms with E-state index in [9.17, 15) is 4.79 Å². The van der Waals surface area contributed by atoms with Gasteiger partial charge in [0.1, 0.15) is 0 Å². The third-order valence-corrected chi connectivity index (χ3v) is 5.28. The minimum atomic E-state index is 0. The summed E-state index contributed by atoms with van der Waals surface area (Å²) in [6.07, 6.45) is 4.42. The van der Waals surface area contributed by atoms with Gasteiger partial charge in [-0.2, -0.15) is 0 Å². The second-order valence-electron chi connectivity index (χ2n) is 5.00. The molecule has 1 aliphatic rings. The minimum absolute atomic E-state index is 0. The molecule has 0 fully saturated rings. The van der Waals surface area contributed by atoms with Crippen molar-refractivity contribution < 1.29 is 4.79 Å². The van der Waals surface area contributed by atoms with Crippen LogP contribution in [0.15, 0.2) is 28.7 Å². The second kappa shape index (κ2) is 7.03. The fourth-order valence-corrected chi connectivity index (χ4v) is 3.95. The van der Waals surface area contributed by atoms with Crippen molar-refractivity contribution in [2.24, 2.45) is 0 Å². The van der Waals surface area contributed by atoms with Crippen molar-refractivity contribution in [3.63, 3.8) is 0 Å². The molecule has 0 saturated heterocycles. The van der Waals surface area contributed by atoms with Gasteiger partial charge in [-0.25, -0.2) is 0 Å². The number of fused-ring (bicyclic) bond motifs is 1. The number of thiazole rings is 1. The molecule has 1 aromatic heterocycles. The number of hydrogen-bond acceptors (Lipinski definition) is 3. The lowest BCUT2D eigenvalue weighted by Gasteiger charge is -2.14. The number of ketones is 1. The molecule has 0 amide bonds. The molecule has 3 rings (SSSR count). The van der Waals surface area contributed by atoms with E-state index in [1.807, 2.05) is 28.8 Å². The molecular weight excluding hydrogens is 416 g/mol. The van der Waals surface area contributed by atoms with E-state index in [-0.39, 0.29) is 29.3 Å². The highest BCUT2D eigenvalue weighted by Gasteiger charge is 2.18. The molecule has 0 saturated carbocycles. The Balaban J connectivity index is 0.00000161. The van der Waals surface area contributed by atoms with Gasteiger partial charge in [0.15, 0.2) is 10.6 Å². The largest absolute Gasteiger partial charge is 0.313 e. The predicted molar refractivity (Wildman–Crippen MR) is 93.6 cm³/mol. The summed E-state index contributed by atoms with van der Waals surface area (Å²) in [6.45, 7) is 0.284. The maximum absolute atomic E-state index is 12.3. The molecule has 112 valence electrons. The third kappa shape index (κ3) is 3.55. The van der Waals surface area contributed by atoms with Gasteiger partial charge >= 0.3 is 0 Å². The molecule has 1 heterocycles. The first-order valence-electron chi connectivity index (χ1n) is 6.70. The number of aryl methyl sites for hydroxylation is 1. The van der Waals surface area contributed by atoms with Crippen molar-refractivity contribution in [3.05, 3.63) is 49.7 Å². The number of aromatic nitrogens is 1. The summed E-state index contributed by atoms with van der Waals surface area (Å²) in [5, 5.41) is 8.08. The first-order valence-corrected chi connectivity index (χ1v) is 8.31. The van der Waals surface area contributed by atoms with Crippen LogP contribution >= 0.6 is 44.2 Å². The molecule has 3 nitrogen and oxygen atoms in total. The van der Waals surface area contributed by atoms with E-state index in [2.05, 4.69) is 15.9 Å². The smallest absolute Gasteiger partial charge is 0.182 e. The first kappa shape index (κ1) is 16.6. The molecule has 0 unspecified atom stereocenters. The van der Waals surface area contributed by atoms with Gasteiger partial charge in [0.2, 0.25) is 0 Å². The number of halogens is 2. The molecule has 0 radical (unpaired) electrons. The van der Waals surface area contributed by atoms with Gasteiger partial charge in [-0.05, 0) is 37.8 Å². The van der Waals surface area contributed by atoms with E-state index in [1.54, 1.807) is 0 Å². The van der Waals surface area contributed by atoms with Crippen LogP contribution in [0.2, 0.25) is 0 Å². The van der Waals surface area contributed by atoms with E-state index in [0.717, 1.165) is 23.7 Å². The number of rotatable bonds is 3. The van der Waals surface area contributed by atoms with Crippen LogP contribution in [-0.2, 0) is 19.4 Å². The zero-order valence-electron chi connectivity index (χ0n) is 11.4. The molecular formula is C15H16Br2N2OS. The number of carbonyl (C=O) groups is 1. The molecule has 6 heteroatoms. The molecule has 0 bridgehead atoms. The number of nitrogens with zero attached hydrogens (tertiary/aromatic N) is 1. The Labute approximate surface area is 146 Å². The quantitative estimate of drug-likeness (QED) is 0.729. The maximum Gasteiger partial charge on any atom is 0.182 e. The van der Waals surface area contributed by atoms with Crippen LogP contribution in [0.4, 0.5) is 0 Å². The number of nitrogens with one attached hydrogen (secondary N) is 1. The Hall–Kier alpha value is -0.720. The lowest BCUT2D eigenvalue weighted by Crippen LogP contribution is -2.22. The van der Waals surface area contributed by atoms with E-state index in [4.69, 9.17) is 5.41 Å². The highest BCUT2D eigenvalue weighted by Crippen LogP contribution is 2.23. The molecule has 0 spiro atoms. The fourth-order valence-electron chi connectivity index (χ4n) is 2.59.